The second-order valence-electron chi connectivity index (χ2n) is 7.50. The molecule has 1 heterocycles. The van der Waals surface area contributed by atoms with Crippen LogP contribution in [0.2, 0.25) is 0 Å². The van der Waals surface area contributed by atoms with Gasteiger partial charge in [0.15, 0.2) is 0 Å². The molecular formula is C22H23F3N2O3. The summed E-state index contributed by atoms with van der Waals surface area (Å²) in [7, 11) is 1.28. The minimum Gasteiger partial charge on any atom is -0.469 e. The van der Waals surface area contributed by atoms with Crippen molar-refractivity contribution in [1.29, 1.82) is 0 Å². The number of para-hydroxylation sites is 1. The number of methoxy groups -OCH3 is 1. The van der Waals surface area contributed by atoms with Gasteiger partial charge in [0.1, 0.15) is 0 Å². The molecule has 1 aliphatic rings. The second kappa shape index (κ2) is 8.85. The van der Waals surface area contributed by atoms with Crippen LogP contribution in [-0.2, 0) is 9.53 Å². The van der Waals surface area contributed by atoms with Crippen molar-refractivity contribution in [2.24, 2.45) is 5.92 Å². The van der Waals surface area contributed by atoms with Crippen LogP contribution in [0.25, 0.3) is 16.5 Å². The highest BCUT2D eigenvalue weighted by Gasteiger charge is 2.39. The van der Waals surface area contributed by atoms with E-state index >= 15 is 0 Å². The molecule has 0 spiro atoms. The van der Waals surface area contributed by atoms with Crippen LogP contribution in [-0.4, -0.2) is 36.2 Å². The van der Waals surface area contributed by atoms with Crippen LogP contribution in [0.3, 0.4) is 0 Å². The smallest absolute Gasteiger partial charge is 0.392 e. The van der Waals surface area contributed by atoms with Crippen LogP contribution in [0.4, 0.5) is 13.2 Å². The topological polar surface area (TPSA) is 68.3 Å². The van der Waals surface area contributed by atoms with Gasteiger partial charge in [0.05, 0.1) is 30.5 Å². The van der Waals surface area contributed by atoms with E-state index < -0.39 is 24.1 Å². The molecule has 0 bridgehead atoms. The zero-order chi connectivity index (χ0) is 21.9. The maximum absolute atomic E-state index is 12.9. The average Bonchev–Trinajstić information content (AvgIpc) is 2.72. The van der Waals surface area contributed by atoms with E-state index in [-0.39, 0.29) is 25.2 Å². The molecule has 0 radical (unpaired) electrons. The Morgan fingerprint density at radius 2 is 2.10 bits per heavy atom. The summed E-state index contributed by atoms with van der Waals surface area (Å²) in [5.74, 6) is -2.08. The van der Waals surface area contributed by atoms with Gasteiger partial charge >= 0.3 is 12.1 Å². The summed E-state index contributed by atoms with van der Waals surface area (Å²) in [4.78, 5) is 28.2. The number of esters is 1. The molecule has 8 heteroatoms. The number of hydrogen-bond donors (Lipinski definition) is 1. The number of ether oxygens (including phenoxy) is 1. The number of rotatable bonds is 5. The lowest BCUT2D eigenvalue weighted by atomic mass is 9.85. The predicted octanol–water partition coefficient (Wildman–Crippen LogP) is 4.66. The summed E-state index contributed by atoms with van der Waals surface area (Å²) >= 11 is 0. The number of nitrogens with zero attached hydrogens (tertiary/aromatic N) is 1. The molecule has 0 aliphatic heterocycles. The van der Waals surface area contributed by atoms with Crippen molar-refractivity contribution < 1.29 is 27.5 Å². The van der Waals surface area contributed by atoms with Crippen molar-refractivity contribution >= 4 is 28.4 Å². The van der Waals surface area contributed by atoms with E-state index in [0.717, 1.165) is 16.5 Å². The van der Waals surface area contributed by atoms with E-state index in [9.17, 15) is 22.8 Å². The van der Waals surface area contributed by atoms with Crippen LogP contribution < -0.4 is 5.32 Å². The van der Waals surface area contributed by atoms with Crippen molar-refractivity contribution in [3.05, 3.63) is 47.7 Å². The Morgan fingerprint density at radius 3 is 2.73 bits per heavy atom. The Morgan fingerprint density at radius 1 is 1.33 bits per heavy atom. The van der Waals surface area contributed by atoms with Crippen molar-refractivity contribution in [2.75, 3.05) is 7.11 Å². The third kappa shape index (κ3) is 4.98. The average molecular weight is 420 g/mol. The first-order valence-corrected chi connectivity index (χ1v) is 9.71. The van der Waals surface area contributed by atoms with Crippen LogP contribution >= 0.6 is 0 Å². The first-order valence-electron chi connectivity index (χ1n) is 9.71. The number of amides is 1. The van der Waals surface area contributed by atoms with Crippen LogP contribution in [0, 0.1) is 5.92 Å². The van der Waals surface area contributed by atoms with Gasteiger partial charge in [-0.15, -0.1) is 0 Å². The minimum atomic E-state index is -4.17. The lowest BCUT2D eigenvalue weighted by molar-refractivity contribution is -0.175. The number of hydrogen-bond acceptors (Lipinski definition) is 4. The lowest BCUT2D eigenvalue weighted by Crippen LogP contribution is -2.34. The number of halogens is 3. The normalized spacial score (nSPS) is 17.9. The molecule has 3 rings (SSSR count). The molecule has 1 N–H and O–H groups in total. The maximum atomic E-state index is 12.9. The lowest BCUT2D eigenvalue weighted by Gasteiger charge is -2.24. The number of fused-ring (bicyclic) bond motifs is 1. The van der Waals surface area contributed by atoms with E-state index in [1.807, 2.05) is 12.1 Å². The maximum Gasteiger partial charge on any atom is 0.392 e. The fourth-order valence-electron chi connectivity index (χ4n) is 3.61. The Hall–Kier alpha value is -2.90. The molecule has 1 unspecified atom stereocenters. The summed E-state index contributed by atoms with van der Waals surface area (Å²) in [6.07, 6.45) is -0.676. The Balaban J connectivity index is 1.80. The zero-order valence-corrected chi connectivity index (χ0v) is 16.8. The molecule has 0 saturated heterocycles. The molecule has 1 amide bonds. The largest absolute Gasteiger partial charge is 0.469 e. The third-order valence-electron chi connectivity index (χ3n) is 5.27. The van der Waals surface area contributed by atoms with E-state index in [4.69, 9.17) is 0 Å². The number of aromatic nitrogens is 1. The number of pyridine rings is 1. The van der Waals surface area contributed by atoms with Gasteiger partial charge in [-0.25, -0.2) is 0 Å². The van der Waals surface area contributed by atoms with Gasteiger partial charge in [0.2, 0.25) is 0 Å². The van der Waals surface area contributed by atoms with Crippen molar-refractivity contribution in [3.63, 3.8) is 0 Å². The van der Waals surface area contributed by atoms with Gasteiger partial charge < -0.3 is 10.1 Å². The molecule has 5 nitrogen and oxygen atoms in total. The van der Waals surface area contributed by atoms with Gasteiger partial charge in [-0.2, -0.15) is 13.2 Å². The van der Waals surface area contributed by atoms with Crippen LogP contribution in [0.15, 0.2) is 36.5 Å². The number of benzene rings is 1. The SMILES string of the molecule is COC(=O)C[C@@H](C)NC(=O)c1cnc2c(C3=CCC(C(F)(F)F)CC3)cccc2c1. The van der Waals surface area contributed by atoms with E-state index in [1.165, 1.54) is 13.3 Å². The molecule has 0 fully saturated rings. The molecule has 30 heavy (non-hydrogen) atoms. The van der Waals surface area contributed by atoms with Gasteiger partial charge in [0.25, 0.3) is 5.91 Å². The van der Waals surface area contributed by atoms with Crippen LogP contribution in [0.5, 0.6) is 0 Å². The molecule has 1 aromatic heterocycles. The Bertz CT molecular complexity index is 985. The number of alkyl halides is 3. The zero-order valence-electron chi connectivity index (χ0n) is 16.8. The molecule has 160 valence electrons. The van der Waals surface area contributed by atoms with Gasteiger partial charge in [-0.1, -0.05) is 24.3 Å². The molecule has 0 saturated carbocycles. The van der Waals surface area contributed by atoms with Crippen LogP contribution in [0.1, 0.15) is 48.5 Å². The van der Waals surface area contributed by atoms with Crippen molar-refractivity contribution in [1.82, 2.24) is 10.3 Å². The summed E-state index contributed by atoms with van der Waals surface area (Å²) in [5.41, 5.74) is 2.62. The summed E-state index contributed by atoms with van der Waals surface area (Å²) < 4.78 is 43.3. The Labute approximate surface area is 172 Å². The van der Waals surface area contributed by atoms with Gasteiger partial charge in [-0.3, -0.25) is 14.6 Å². The molecule has 1 aliphatic carbocycles. The summed E-state index contributed by atoms with van der Waals surface area (Å²) in [6.45, 7) is 1.70. The quantitative estimate of drug-likeness (QED) is 0.715. The van der Waals surface area contributed by atoms with E-state index in [0.29, 0.717) is 17.5 Å². The molecular weight excluding hydrogens is 397 g/mol. The van der Waals surface area contributed by atoms with Gasteiger partial charge in [-0.05, 0) is 37.8 Å². The molecule has 2 aromatic rings. The fourth-order valence-corrected chi connectivity index (χ4v) is 3.61. The molecule has 1 aromatic carbocycles. The van der Waals surface area contributed by atoms with Crippen molar-refractivity contribution in [2.45, 2.75) is 44.8 Å². The second-order valence-corrected chi connectivity index (χ2v) is 7.50. The first-order chi connectivity index (χ1) is 14.2. The highest BCUT2D eigenvalue weighted by molar-refractivity contribution is 5.99. The minimum absolute atomic E-state index is 0.0339. The number of carbonyl (C=O) groups is 2. The fraction of sp³-hybridized carbons (Fsp3) is 0.409. The van der Waals surface area contributed by atoms with Crippen molar-refractivity contribution in [3.8, 4) is 0 Å². The predicted molar refractivity (Wildman–Crippen MR) is 107 cm³/mol. The van der Waals surface area contributed by atoms with E-state index in [2.05, 4.69) is 15.0 Å². The molecule has 2 atom stereocenters. The first kappa shape index (κ1) is 21.8. The van der Waals surface area contributed by atoms with Gasteiger partial charge in [0, 0.05) is 23.2 Å². The Kier molecular flexibility index (Phi) is 6.43. The number of allylic oxidation sites excluding steroid dienone is 2. The van der Waals surface area contributed by atoms with E-state index in [1.54, 1.807) is 25.1 Å². The summed E-state index contributed by atoms with van der Waals surface area (Å²) in [5, 5.41) is 3.45. The summed E-state index contributed by atoms with van der Waals surface area (Å²) in [6, 6.07) is 6.74. The highest BCUT2D eigenvalue weighted by atomic mass is 19.4. The monoisotopic (exact) mass is 420 g/mol. The number of carbonyl (C=O) groups excluding carboxylic acids is 2. The third-order valence-corrected chi connectivity index (χ3v) is 5.27. The highest BCUT2D eigenvalue weighted by Crippen LogP contribution is 2.40. The standard InChI is InChI=1S/C22H23F3N2O3/c1-13(10-19(28)30-2)27-21(29)16-11-15-4-3-5-18(20(15)26-12-16)14-6-8-17(9-7-14)22(23,24)25/h3-6,11-13,17H,7-10H2,1-2H3,(H,27,29)/t13-,17?/m1/s1. The number of nitrogens with one attached hydrogen (secondary N) is 1.